The van der Waals surface area contributed by atoms with E-state index in [2.05, 4.69) is 0 Å². The molecule has 4 rings (SSSR count). The molecule has 0 radical (unpaired) electrons. The van der Waals surface area contributed by atoms with E-state index in [1.807, 2.05) is 65.0 Å². The van der Waals surface area contributed by atoms with Crippen LogP contribution >= 0.6 is 0 Å². The van der Waals surface area contributed by atoms with E-state index >= 15 is 0 Å². The fraction of sp³-hybridized carbons (Fsp3) is 0.290. The van der Waals surface area contributed by atoms with E-state index in [-0.39, 0.29) is 11.3 Å². The first-order valence-corrected chi connectivity index (χ1v) is 12.6. The van der Waals surface area contributed by atoms with Crippen LogP contribution in [0.4, 0.5) is 5.69 Å². The van der Waals surface area contributed by atoms with Gasteiger partial charge in [0.15, 0.2) is 11.5 Å². The van der Waals surface area contributed by atoms with Gasteiger partial charge in [-0.05, 0) is 69.5 Å². The summed E-state index contributed by atoms with van der Waals surface area (Å²) in [5.74, 6) is -0.344. The molecule has 7 nitrogen and oxygen atoms in total. The lowest BCUT2D eigenvalue weighted by atomic mass is 9.93. The third-order valence-electron chi connectivity index (χ3n) is 6.49. The fourth-order valence-electron chi connectivity index (χ4n) is 4.99. The van der Waals surface area contributed by atoms with Crippen LogP contribution < -0.4 is 19.1 Å². The summed E-state index contributed by atoms with van der Waals surface area (Å²) in [5.41, 5.74) is 4.16. The summed E-state index contributed by atoms with van der Waals surface area (Å²) in [5, 5.41) is 11.6. The third-order valence-corrected chi connectivity index (χ3v) is 6.49. The standard InChI is InChI=1S/C31H33NO6/c1-7-37-24-13-12-22(17-25(24)38-8-2)32-27(21-11-9-10-18(3)15-21)26(29(34)31(32)35)28(33)23-16-19(4)14-20(5)30(23)36-6/h9-17,27,33H,7-8H2,1-6H3/b28-26+. The molecule has 1 aliphatic heterocycles. The van der Waals surface area contributed by atoms with Crippen LogP contribution in [0.1, 0.15) is 47.7 Å². The van der Waals surface area contributed by atoms with Gasteiger partial charge in [0.25, 0.3) is 11.7 Å². The lowest BCUT2D eigenvalue weighted by Crippen LogP contribution is -2.29. The monoisotopic (exact) mass is 515 g/mol. The molecule has 0 bridgehead atoms. The first-order valence-electron chi connectivity index (χ1n) is 12.6. The van der Waals surface area contributed by atoms with Gasteiger partial charge in [0, 0.05) is 11.8 Å². The molecular weight excluding hydrogens is 482 g/mol. The molecule has 1 aliphatic rings. The Bertz CT molecular complexity index is 1420. The first kappa shape index (κ1) is 26.8. The molecular formula is C31H33NO6. The van der Waals surface area contributed by atoms with Crippen LogP contribution in [0.5, 0.6) is 17.2 Å². The van der Waals surface area contributed by atoms with Gasteiger partial charge in [-0.25, -0.2) is 0 Å². The minimum Gasteiger partial charge on any atom is -0.507 e. The lowest BCUT2D eigenvalue weighted by molar-refractivity contribution is -0.132. The average Bonchev–Trinajstić information content (AvgIpc) is 3.15. The van der Waals surface area contributed by atoms with E-state index < -0.39 is 17.7 Å². The second-order valence-electron chi connectivity index (χ2n) is 9.24. The number of amides is 1. The molecule has 0 spiro atoms. The number of aryl methyl sites for hydroxylation is 3. The molecule has 1 amide bonds. The highest BCUT2D eigenvalue weighted by Crippen LogP contribution is 2.45. The number of carbonyl (C=O) groups excluding carboxylic acids is 2. The van der Waals surface area contributed by atoms with Gasteiger partial charge in [0.1, 0.15) is 11.5 Å². The average molecular weight is 516 g/mol. The van der Waals surface area contributed by atoms with Crippen LogP contribution in [0.15, 0.2) is 60.2 Å². The second-order valence-corrected chi connectivity index (χ2v) is 9.24. The Kier molecular flexibility index (Phi) is 7.76. The van der Waals surface area contributed by atoms with Crippen molar-refractivity contribution in [1.82, 2.24) is 0 Å². The van der Waals surface area contributed by atoms with Crippen LogP contribution in [0, 0.1) is 20.8 Å². The van der Waals surface area contributed by atoms with Crippen molar-refractivity contribution in [2.24, 2.45) is 0 Å². The number of Topliss-reactive ketones (excluding diaryl/α,β-unsaturated/α-hetero) is 1. The number of hydrogen-bond donors (Lipinski definition) is 1. The second kappa shape index (κ2) is 11.0. The number of rotatable bonds is 8. The number of anilines is 1. The number of carbonyl (C=O) groups is 2. The van der Waals surface area contributed by atoms with Gasteiger partial charge in [-0.15, -0.1) is 0 Å². The number of ether oxygens (including phenoxy) is 3. The van der Waals surface area contributed by atoms with E-state index in [9.17, 15) is 14.7 Å². The largest absolute Gasteiger partial charge is 0.507 e. The molecule has 198 valence electrons. The zero-order valence-corrected chi connectivity index (χ0v) is 22.6. The van der Waals surface area contributed by atoms with Crippen molar-refractivity contribution in [3.05, 3.63) is 88.0 Å². The van der Waals surface area contributed by atoms with Gasteiger partial charge < -0.3 is 19.3 Å². The number of hydrogen-bond acceptors (Lipinski definition) is 6. The van der Waals surface area contributed by atoms with Crippen molar-refractivity contribution >= 4 is 23.1 Å². The molecule has 38 heavy (non-hydrogen) atoms. The van der Waals surface area contributed by atoms with Crippen molar-refractivity contribution in [1.29, 1.82) is 0 Å². The first-order chi connectivity index (χ1) is 18.2. The molecule has 1 heterocycles. The van der Waals surface area contributed by atoms with Crippen LogP contribution in [0.3, 0.4) is 0 Å². The Hall–Kier alpha value is -4.26. The Labute approximate surface area is 223 Å². The van der Waals surface area contributed by atoms with Crippen LogP contribution in [-0.4, -0.2) is 37.1 Å². The molecule has 1 saturated heterocycles. The van der Waals surface area contributed by atoms with Gasteiger partial charge in [0.2, 0.25) is 0 Å². The maximum atomic E-state index is 13.6. The normalized spacial score (nSPS) is 16.6. The maximum absolute atomic E-state index is 13.6. The van der Waals surface area contributed by atoms with E-state index in [1.54, 1.807) is 24.3 Å². The Morgan fingerprint density at radius 1 is 0.895 bits per heavy atom. The summed E-state index contributed by atoms with van der Waals surface area (Å²) in [6.07, 6.45) is 0. The Balaban J connectivity index is 1.99. The zero-order chi connectivity index (χ0) is 27.6. The molecule has 3 aromatic carbocycles. The lowest BCUT2D eigenvalue weighted by Gasteiger charge is -2.26. The predicted octanol–water partition coefficient (Wildman–Crippen LogP) is 6.04. The highest BCUT2D eigenvalue weighted by molar-refractivity contribution is 6.51. The van der Waals surface area contributed by atoms with Crippen molar-refractivity contribution in [2.75, 3.05) is 25.2 Å². The predicted molar refractivity (Wildman–Crippen MR) is 147 cm³/mol. The van der Waals surface area contributed by atoms with Crippen molar-refractivity contribution in [3.63, 3.8) is 0 Å². The molecule has 1 fully saturated rings. The highest BCUT2D eigenvalue weighted by Gasteiger charge is 2.47. The number of aliphatic hydroxyl groups is 1. The number of aliphatic hydroxyl groups excluding tert-OH is 1. The topological polar surface area (TPSA) is 85.3 Å². The van der Waals surface area contributed by atoms with Crippen molar-refractivity contribution < 1.29 is 28.9 Å². The van der Waals surface area contributed by atoms with Crippen LogP contribution in [-0.2, 0) is 9.59 Å². The summed E-state index contributed by atoms with van der Waals surface area (Å²) in [6, 6.07) is 15.5. The molecule has 1 unspecified atom stereocenters. The van der Waals surface area contributed by atoms with Crippen molar-refractivity contribution in [2.45, 2.75) is 40.7 Å². The minimum absolute atomic E-state index is 0.00394. The summed E-state index contributed by atoms with van der Waals surface area (Å²) in [6.45, 7) is 10.3. The summed E-state index contributed by atoms with van der Waals surface area (Å²) in [7, 11) is 1.51. The SMILES string of the molecule is CCOc1ccc(N2C(=O)C(=O)/C(=C(/O)c3cc(C)cc(C)c3OC)C2c2cccc(C)c2)cc1OCC. The smallest absolute Gasteiger partial charge is 0.300 e. The summed E-state index contributed by atoms with van der Waals surface area (Å²) >= 11 is 0. The highest BCUT2D eigenvalue weighted by atomic mass is 16.5. The minimum atomic E-state index is -0.868. The number of methoxy groups -OCH3 is 1. The van der Waals surface area contributed by atoms with Crippen molar-refractivity contribution in [3.8, 4) is 17.2 Å². The van der Waals surface area contributed by atoms with E-state index in [1.165, 1.54) is 12.0 Å². The molecule has 0 aromatic heterocycles. The number of nitrogens with zero attached hydrogens (tertiary/aromatic N) is 1. The summed E-state index contributed by atoms with van der Waals surface area (Å²) < 4.78 is 17.1. The van der Waals surface area contributed by atoms with Gasteiger partial charge >= 0.3 is 0 Å². The van der Waals surface area contributed by atoms with Gasteiger partial charge in [-0.2, -0.15) is 0 Å². The molecule has 1 atom stereocenters. The Morgan fingerprint density at radius 2 is 1.61 bits per heavy atom. The molecule has 0 aliphatic carbocycles. The zero-order valence-electron chi connectivity index (χ0n) is 22.6. The molecule has 0 saturated carbocycles. The van der Waals surface area contributed by atoms with Gasteiger partial charge in [0.05, 0.1) is 37.5 Å². The quantitative estimate of drug-likeness (QED) is 0.224. The van der Waals surface area contributed by atoms with Crippen LogP contribution in [0.25, 0.3) is 5.76 Å². The van der Waals surface area contributed by atoms with Crippen LogP contribution in [0.2, 0.25) is 0 Å². The third kappa shape index (κ3) is 4.84. The molecule has 3 aromatic rings. The number of ketones is 1. The summed E-state index contributed by atoms with van der Waals surface area (Å²) in [4.78, 5) is 28.6. The maximum Gasteiger partial charge on any atom is 0.300 e. The van der Waals surface area contributed by atoms with E-state index in [0.717, 1.165) is 16.7 Å². The van der Waals surface area contributed by atoms with Gasteiger partial charge in [-0.1, -0.05) is 35.9 Å². The fourth-order valence-corrected chi connectivity index (χ4v) is 4.99. The van der Waals surface area contributed by atoms with E-state index in [0.29, 0.717) is 47.3 Å². The van der Waals surface area contributed by atoms with E-state index in [4.69, 9.17) is 14.2 Å². The molecule has 1 N–H and O–H groups in total. The van der Waals surface area contributed by atoms with Gasteiger partial charge in [-0.3, -0.25) is 14.5 Å². The Morgan fingerprint density at radius 3 is 2.26 bits per heavy atom. The molecule has 7 heteroatoms. The number of benzene rings is 3.